The lowest BCUT2D eigenvalue weighted by Crippen LogP contribution is -2.48. The lowest BCUT2D eigenvalue weighted by Gasteiger charge is -2.37. The quantitative estimate of drug-likeness (QED) is 0.463. The molecule has 2 aliphatic heterocycles. The van der Waals surface area contributed by atoms with Crippen molar-refractivity contribution in [1.29, 1.82) is 0 Å². The number of piperazine rings is 1. The summed E-state index contributed by atoms with van der Waals surface area (Å²) in [6.45, 7) is 14.2. The normalized spacial score (nSPS) is 17.0. The zero-order chi connectivity index (χ0) is 28.7. The van der Waals surface area contributed by atoms with Crippen molar-refractivity contribution in [3.8, 4) is 0 Å². The van der Waals surface area contributed by atoms with Gasteiger partial charge in [0.05, 0.1) is 24.5 Å². The minimum Gasteiger partial charge on any atom is -0.405 e. The number of likely N-dealkylation sites (N-methyl/N-ethyl adjacent to an activating group) is 1. The second-order valence-electron chi connectivity index (χ2n) is 9.48. The third-order valence-corrected chi connectivity index (χ3v) is 7.05. The number of rotatable bonds is 9. The molecule has 4 rings (SSSR count). The number of allylic oxidation sites excluding steroid dienone is 3. The van der Waals surface area contributed by atoms with Gasteiger partial charge in [0.15, 0.2) is 0 Å². The van der Waals surface area contributed by atoms with Crippen molar-refractivity contribution in [2.75, 3.05) is 80.3 Å². The maximum absolute atomic E-state index is 13.6. The Morgan fingerprint density at radius 2 is 1.73 bits per heavy atom. The van der Waals surface area contributed by atoms with Crippen LogP contribution in [0.4, 0.5) is 30.8 Å². The number of hydrogen-bond donors (Lipinski definition) is 1. The Morgan fingerprint density at radius 3 is 2.35 bits per heavy atom. The summed E-state index contributed by atoms with van der Waals surface area (Å²) in [6, 6.07) is 4.29. The molecule has 216 valence electrons. The lowest BCUT2D eigenvalue weighted by atomic mass is 10.1. The first kappa shape index (κ1) is 29.2. The van der Waals surface area contributed by atoms with E-state index >= 15 is 0 Å². The highest BCUT2D eigenvalue weighted by atomic mass is 19.4. The van der Waals surface area contributed by atoms with Crippen LogP contribution in [0.25, 0.3) is 5.57 Å². The van der Waals surface area contributed by atoms with Gasteiger partial charge < -0.3 is 30.1 Å². The van der Waals surface area contributed by atoms with Crippen molar-refractivity contribution in [3.05, 3.63) is 66.3 Å². The van der Waals surface area contributed by atoms with E-state index in [4.69, 9.17) is 20.4 Å². The highest BCUT2D eigenvalue weighted by Gasteiger charge is 2.36. The van der Waals surface area contributed by atoms with E-state index in [1.54, 1.807) is 11.0 Å². The fourth-order valence-corrected chi connectivity index (χ4v) is 4.87. The minimum atomic E-state index is -4.47. The van der Waals surface area contributed by atoms with Crippen molar-refractivity contribution in [2.24, 2.45) is 5.73 Å². The van der Waals surface area contributed by atoms with Gasteiger partial charge in [-0.1, -0.05) is 6.58 Å². The molecule has 0 aliphatic carbocycles. The molecule has 0 spiro atoms. The summed E-state index contributed by atoms with van der Waals surface area (Å²) in [7, 11) is 0. The van der Waals surface area contributed by atoms with Crippen LogP contribution in [0.2, 0.25) is 0 Å². The number of pyridine rings is 1. The molecular weight excluding hydrogens is 521 g/mol. The van der Waals surface area contributed by atoms with Gasteiger partial charge in [-0.2, -0.15) is 18.2 Å². The molecule has 4 heterocycles. The second-order valence-corrected chi connectivity index (χ2v) is 9.48. The first-order chi connectivity index (χ1) is 19.2. The summed E-state index contributed by atoms with van der Waals surface area (Å²) in [5, 5.41) is 0. The molecule has 2 N–H and O–H groups in total. The smallest absolute Gasteiger partial charge is 0.405 e. The Bertz CT molecular complexity index is 1210. The lowest BCUT2D eigenvalue weighted by molar-refractivity contribution is -0.137. The van der Waals surface area contributed by atoms with E-state index in [-0.39, 0.29) is 5.82 Å². The van der Waals surface area contributed by atoms with Gasteiger partial charge in [0.1, 0.15) is 11.6 Å². The number of ether oxygens (including phenoxy) is 1. The number of nitrogens with two attached hydrogens (primary N) is 1. The zero-order valence-electron chi connectivity index (χ0n) is 23.1. The molecule has 0 bridgehead atoms. The number of morpholine rings is 1. The molecule has 40 heavy (non-hydrogen) atoms. The van der Waals surface area contributed by atoms with Crippen LogP contribution in [-0.2, 0) is 10.9 Å². The minimum absolute atomic E-state index is 0.0414. The van der Waals surface area contributed by atoms with E-state index in [1.807, 2.05) is 12.1 Å². The summed E-state index contributed by atoms with van der Waals surface area (Å²) in [6.07, 6.45) is 2.16. The van der Waals surface area contributed by atoms with Crippen molar-refractivity contribution < 1.29 is 17.9 Å². The summed E-state index contributed by atoms with van der Waals surface area (Å²) < 4.78 is 46.3. The van der Waals surface area contributed by atoms with Crippen molar-refractivity contribution in [2.45, 2.75) is 20.0 Å². The Balaban J connectivity index is 1.65. The van der Waals surface area contributed by atoms with E-state index < -0.39 is 11.7 Å². The van der Waals surface area contributed by atoms with Crippen LogP contribution < -0.4 is 20.4 Å². The van der Waals surface area contributed by atoms with Gasteiger partial charge in [0, 0.05) is 75.9 Å². The number of nitrogens with zero attached hydrogens (tertiary/aromatic N) is 7. The van der Waals surface area contributed by atoms with E-state index in [2.05, 4.69) is 40.1 Å². The van der Waals surface area contributed by atoms with Gasteiger partial charge in [-0.25, -0.2) is 9.97 Å². The molecule has 2 aromatic rings. The topological polar surface area (TPSA) is 86.9 Å². The molecule has 2 saturated heterocycles. The van der Waals surface area contributed by atoms with Crippen LogP contribution in [0.3, 0.4) is 0 Å². The van der Waals surface area contributed by atoms with E-state index in [0.717, 1.165) is 30.4 Å². The standard InChI is InChI=1S/C28H37F3N8O/c1-4-36(5-2)21(3)19-22(8-9-32)24-20-25(35-27(34-24)39-15-17-40-18-16-39)37-11-13-38(14-12-37)26-23(28(29,30)31)7-6-10-33-26/h6-10,19-20H,3-5,11-18,32H2,1-2H3/b9-8-,22-19+. The summed E-state index contributed by atoms with van der Waals surface area (Å²) >= 11 is 0. The molecule has 2 aliphatic rings. The summed E-state index contributed by atoms with van der Waals surface area (Å²) in [5.41, 5.74) is 7.42. The van der Waals surface area contributed by atoms with Gasteiger partial charge in [0.25, 0.3) is 0 Å². The van der Waals surface area contributed by atoms with Gasteiger partial charge in [0.2, 0.25) is 5.95 Å². The Labute approximate surface area is 233 Å². The van der Waals surface area contributed by atoms with Crippen LogP contribution in [0, 0.1) is 0 Å². The predicted molar refractivity (Wildman–Crippen MR) is 152 cm³/mol. The number of aromatic nitrogens is 3. The third kappa shape index (κ3) is 6.85. The zero-order valence-corrected chi connectivity index (χ0v) is 23.1. The number of anilines is 3. The second kappa shape index (κ2) is 13.0. The average molecular weight is 559 g/mol. The molecule has 0 atom stereocenters. The van der Waals surface area contributed by atoms with Crippen LogP contribution in [0.5, 0.6) is 0 Å². The largest absolute Gasteiger partial charge is 0.419 e. The molecule has 9 nitrogen and oxygen atoms in total. The van der Waals surface area contributed by atoms with Gasteiger partial charge in [-0.3, -0.25) is 0 Å². The molecule has 0 unspecified atom stereocenters. The predicted octanol–water partition coefficient (Wildman–Crippen LogP) is 3.76. The van der Waals surface area contributed by atoms with Crippen molar-refractivity contribution in [3.63, 3.8) is 0 Å². The molecule has 2 aromatic heterocycles. The van der Waals surface area contributed by atoms with Crippen LogP contribution in [-0.4, -0.2) is 85.4 Å². The van der Waals surface area contributed by atoms with Crippen molar-refractivity contribution in [1.82, 2.24) is 19.9 Å². The van der Waals surface area contributed by atoms with E-state index in [1.165, 1.54) is 18.5 Å². The SMILES string of the molecule is C=C(/C=C(\C=C/N)c1cc(N2CCN(c3ncccc3C(F)(F)F)CC2)nc(N2CCOCC2)n1)N(CC)CC. The fourth-order valence-electron chi connectivity index (χ4n) is 4.87. The Hall–Kier alpha value is -3.80. The maximum atomic E-state index is 13.6. The van der Waals surface area contributed by atoms with E-state index in [9.17, 15) is 13.2 Å². The molecule has 0 radical (unpaired) electrons. The molecular formula is C28H37F3N8O. The fraction of sp³-hybridized carbons (Fsp3) is 0.464. The van der Waals surface area contributed by atoms with E-state index in [0.29, 0.717) is 69.9 Å². The highest BCUT2D eigenvalue weighted by molar-refractivity contribution is 5.76. The van der Waals surface area contributed by atoms with Gasteiger partial charge >= 0.3 is 6.18 Å². The summed E-state index contributed by atoms with van der Waals surface area (Å²) in [5.74, 6) is 1.24. The van der Waals surface area contributed by atoms with Crippen molar-refractivity contribution >= 4 is 23.2 Å². The summed E-state index contributed by atoms with van der Waals surface area (Å²) in [4.78, 5) is 21.8. The average Bonchev–Trinajstić information content (AvgIpc) is 2.97. The van der Waals surface area contributed by atoms with Gasteiger partial charge in [-0.15, -0.1) is 0 Å². The molecule has 0 saturated carbocycles. The Morgan fingerprint density at radius 1 is 1.05 bits per heavy atom. The maximum Gasteiger partial charge on any atom is 0.419 e. The van der Waals surface area contributed by atoms with Crippen LogP contribution in [0.15, 0.2) is 55.0 Å². The Kier molecular flexibility index (Phi) is 9.51. The number of alkyl halides is 3. The first-order valence-corrected chi connectivity index (χ1v) is 13.5. The first-order valence-electron chi connectivity index (χ1n) is 13.5. The monoisotopic (exact) mass is 558 g/mol. The van der Waals surface area contributed by atoms with Crippen LogP contribution >= 0.6 is 0 Å². The number of halogens is 3. The molecule has 0 aromatic carbocycles. The molecule has 12 heteroatoms. The van der Waals surface area contributed by atoms with Gasteiger partial charge in [-0.05, 0) is 44.3 Å². The molecule has 0 amide bonds. The third-order valence-electron chi connectivity index (χ3n) is 7.05. The number of hydrogen-bond acceptors (Lipinski definition) is 9. The molecule has 2 fully saturated rings. The van der Waals surface area contributed by atoms with Crippen LogP contribution in [0.1, 0.15) is 25.1 Å². The highest BCUT2D eigenvalue weighted by Crippen LogP contribution is 2.35.